The molecule has 0 unspecified atom stereocenters. The summed E-state index contributed by atoms with van der Waals surface area (Å²) in [5.41, 5.74) is 6.43. The minimum atomic E-state index is -0.431. The van der Waals surface area contributed by atoms with E-state index in [1.807, 2.05) is 26.8 Å². The van der Waals surface area contributed by atoms with Crippen molar-refractivity contribution in [3.05, 3.63) is 45.1 Å². The Labute approximate surface area is 163 Å². The van der Waals surface area contributed by atoms with E-state index in [-0.39, 0.29) is 12.0 Å². The molecule has 1 aromatic heterocycles. The molecule has 1 heterocycles. The summed E-state index contributed by atoms with van der Waals surface area (Å²) in [7, 11) is 1.51. The van der Waals surface area contributed by atoms with Crippen molar-refractivity contribution >= 4 is 23.2 Å². The van der Waals surface area contributed by atoms with Gasteiger partial charge in [-0.25, -0.2) is 0 Å². The van der Waals surface area contributed by atoms with Gasteiger partial charge >= 0.3 is 0 Å². The van der Waals surface area contributed by atoms with Crippen LogP contribution in [-0.2, 0) is 6.42 Å². The average Bonchev–Trinajstić information content (AvgIpc) is 3.00. The van der Waals surface area contributed by atoms with Crippen molar-refractivity contribution in [3.63, 3.8) is 0 Å². The first kappa shape index (κ1) is 20.8. The number of aryl methyl sites for hydroxylation is 2. The molecule has 2 amide bonds. The van der Waals surface area contributed by atoms with E-state index in [4.69, 9.17) is 9.47 Å². The number of hydrogen-bond donors (Lipinski definition) is 2. The zero-order chi connectivity index (χ0) is 20.0. The topological polar surface area (TPSA) is 76.7 Å². The highest BCUT2D eigenvalue weighted by Gasteiger charge is 2.15. The van der Waals surface area contributed by atoms with Gasteiger partial charge in [-0.15, -0.1) is 11.3 Å². The Kier molecular flexibility index (Phi) is 7.24. The fourth-order valence-corrected chi connectivity index (χ4v) is 3.52. The van der Waals surface area contributed by atoms with Crippen molar-refractivity contribution in [1.29, 1.82) is 0 Å². The summed E-state index contributed by atoms with van der Waals surface area (Å²) in [5.74, 6) is 0.261. The van der Waals surface area contributed by atoms with Crippen LogP contribution in [0.2, 0.25) is 0 Å². The second kappa shape index (κ2) is 9.41. The molecule has 6 nitrogen and oxygen atoms in total. The number of carbonyl (C=O) groups is 2. The lowest BCUT2D eigenvalue weighted by Crippen LogP contribution is -2.41. The molecule has 27 heavy (non-hydrogen) atoms. The van der Waals surface area contributed by atoms with Crippen LogP contribution in [0.3, 0.4) is 0 Å². The third kappa shape index (κ3) is 5.47. The maximum Gasteiger partial charge on any atom is 0.279 e. The number of ether oxygens (including phenoxy) is 2. The van der Waals surface area contributed by atoms with Gasteiger partial charge in [0, 0.05) is 10.4 Å². The Balaban J connectivity index is 2.02. The first-order chi connectivity index (χ1) is 12.8. The fraction of sp³-hybridized carbons (Fsp3) is 0.400. The molecule has 0 bridgehead atoms. The SMILES string of the molecule is CCCc1cc(C(=O)NNC(=O)c2ccc(OC(C)C)c(OC)c2)sc1C. The Hall–Kier alpha value is -2.54. The average molecular weight is 391 g/mol. The minimum Gasteiger partial charge on any atom is -0.493 e. The summed E-state index contributed by atoms with van der Waals surface area (Å²) in [6, 6.07) is 6.76. The highest BCUT2D eigenvalue weighted by molar-refractivity contribution is 7.14. The van der Waals surface area contributed by atoms with E-state index in [0.29, 0.717) is 21.9 Å². The fourth-order valence-electron chi connectivity index (χ4n) is 2.56. The summed E-state index contributed by atoms with van der Waals surface area (Å²) in [6.45, 7) is 7.92. The van der Waals surface area contributed by atoms with Crippen LogP contribution in [0.5, 0.6) is 11.5 Å². The van der Waals surface area contributed by atoms with E-state index in [2.05, 4.69) is 17.8 Å². The molecule has 0 radical (unpaired) electrons. The largest absolute Gasteiger partial charge is 0.493 e. The number of methoxy groups -OCH3 is 1. The zero-order valence-electron chi connectivity index (χ0n) is 16.3. The highest BCUT2D eigenvalue weighted by atomic mass is 32.1. The predicted octanol–water partition coefficient (Wildman–Crippen LogP) is 3.88. The van der Waals surface area contributed by atoms with E-state index in [1.165, 1.54) is 24.0 Å². The van der Waals surface area contributed by atoms with Gasteiger partial charge in [0.2, 0.25) is 0 Å². The lowest BCUT2D eigenvalue weighted by molar-refractivity contribution is 0.0848. The van der Waals surface area contributed by atoms with E-state index in [9.17, 15) is 9.59 Å². The van der Waals surface area contributed by atoms with Crippen LogP contribution < -0.4 is 20.3 Å². The smallest absolute Gasteiger partial charge is 0.279 e. The number of carbonyl (C=O) groups excluding carboxylic acids is 2. The Morgan fingerprint density at radius 2 is 1.81 bits per heavy atom. The number of thiophene rings is 1. The van der Waals surface area contributed by atoms with Crippen LogP contribution in [0.15, 0.2) is 24.3 Å². The molecule has 2 aromatic rings. The van der Waals surface area contributed by atoms with Crippen LogP contribution in [0.4, 0.5) is 0 Å². The predicted molar refractivity (Wildman–Crippen MR) is 107 cm³/mol. The van der Waals surface area contributed by atoms with Gasteiger partial charge in [0.25, 0.3) is 11.8 Å². The number of benzene rings is 1. The van der Waals surface area contributed by atoms with Gasteiger partial charge in [-0.2, -0.15) is 0 Å². The molecule has 146 valence electrons. The first-order valence-corrected chi connectivity index (χ1v) is 9.72. The van der Waals surface area contributed by atoms with Gasteiger partial charge < -0.3 is 9.47 Å². The van der Waals surface area contributed by atoms with Crippen molar-refractivity contribution in [2.45, 2.75) is 46.6 Å². The third-order valence-corrected chi connectivity index (χ3v) is 4.93. The molecule has 0 aliphatic heterocycles. The second-order valence-corrected chi connectivity index (χ2v) is 7.64. The molecule has 0 aliphatic rings. The zero-order valence-corrected chi connectivity index (χ0v) is 17.2. The molecule has 0 saturated heterocycles. The Morgan fingerprint density at radius 1 is 1.11 bits per heavy atom. The quantitative estimate of drug-likeness (QED) is 0.704. The number of hydrazine groups is 1. The molecule has 2 N–H and O–H groups in total. The second-order valence-electron chi connectivity index (χ2n) is 6.38. The molecule has 0 saturated carbocycles. The lowest BCUT2D eigenvalue weighted by atomic mass is 10.1. The molecule has 1 aromatic carbocycles. The Bertz CT molecular complexity index is 814. The monoisotopic (exact) mass is 390 g/mol. The standard InChI is InChI=1S/C20H26N2O4S/c1-6-7-14-11-18(27-13(14)4)20(24)22-21-19(23)15-8-9-16(26-12(2)3)17(10-15)25-5/h8-12H,6-7H2,1-5H3,(H,21,23)(H,22,24). The highest BCUT2D eigenvalue weighted by Crippen LogP contribution is 2.29. The molecule has 2 rings (SSSR count). The molecule has 0 aliphatic carbocycles. The van der Waals surface area contributed by atoms with Gasteiger partial charge in [0.05, 0.1) is 18.1 Å². The molecular weight excluding hydrogens is 364 g/mol. The lowest BCUT2D eigenvalue weighted by Gasteiger charge is -2.14. The van der Waals surface area contributed by atoms with Crippen LogP contribution in [0, 0.1) is 6.92 Å². The summed E-state index contributed by atoms with van der Waals surface area (Å²) >= 11 is 1.42. The summed E-state index contributed by atoms with van der Waals surface area (Å²) in [6.07, 6.45) is 1.95. The van der Waals surface area contributed by atoms with Gasteiger partial charge in [-0.1, -0.05) is 13.3 Å². The van der Waals surface area contributed by atoms with E-state index < -0.39 is 5.91 Å². The maximum atomic E-state index is 12.3. The molecule has 0 atom stereocenters. The van der Waals surface area contributed by atoms with Crippen molar-refractivity contribution in [2.75, 3.05) is 7.11 Å². The molecular formula is C20H26N2O4S. The van der Waals surface area contributed by atoms with Gasteiger partial charge in [0.15, 0.2) is 11.5 Å². The van der Waals surface area contributed by atoms with Gasteiger partial charge in [-0.3, -0.25) is 20.4 Å². The van der Waals surface area contributed by atoms with Crippen LogP contribution in [0.25, 0.3) is 0 Å². The number of hydrogen-bond acceptors (Lipinski definition) is 5. The summed E-state index contributed by atoms with van der Waals surface area (Å²) < 4.78 is 10.9. The van der Waals surface area contributed by atoms with Crippen molar-refractivity contribution in [2.24, 2.45) is 0 Å². The third-order valence-electron chi connectivity index (χ3n) is 3.84. The van der Waals surface area contributed by atoms with Gasteiger partial charge in [0.1, 0.15) is 0 Å². The number of amides is 2. The van der Waals surface area contributed by atoms with Crippen LogP contribution in [0.1, 0.15) is 57.7 Å². The van der Waals surface area contributed by atoms with Crippen molar-refractivity contribution in [1.82, 2.24) is 10.9 Å². The van der Waals surface area contributed by atoms with Crippen LogP contribution >= 0.6 is 11.3 Å². The van der Waals surface area contributed by atoms with E-state index in [0.717, 1.165) is 17.7 Å². The molecule has 0 spiro atoms. The molecule has 0 fully saturated rings. The van der Waals surface area contributed by atoms with Gasteiger partial charge in [-0.05, 0) is 57.0 Å². The number of nitrogens with one attached hydrogen (secondary N) is 2. The normalized spacial score (nSPS) is 10.6. The summed E-state index contributed by atoms with van der Waals surface area (Å²) in [5, 5.41) is 0. The van der Waals surface area contributed by atoms with Crippen molar-refractivity contribution < 1.29 is 19.1 Å². The minimum absolute atomic E-state index is 0.00952. The van der Waals surface area contributed by atoms with Crippen LogP contribution in [-0.4, -0.2) is 25.0 Å². The van der Waals surface area contributed by atoms with E-state index >= 15 is 0 Å². The van der Waals surface area contributed by atoms with E-state index in [1.54, 1.807) is 18.2 Å². The maximum absolute atomic E-state index is 12.3. The Morgan fingerprint density at radius 3 is 2.44 bits per heavy atom. The molecule has 7 heteroatoms. The summed E-state index contributed by atoms with van der Waals surface area (Å²) in [4.78, 5) is 26.3. The first-order valence-electron chi connectivity index (χ1n) is 8.90. The van der Waals surface area contributed by atoms with Crippen molar-refractivity contribution in [3.8, 4) is 11.5 Å². The number of rotatable bonds is 7.